The number of nitrogens with one attached hydrogen (secondary N) is 3. The van der Waals surface area contributed by atoms with Crippen molar-refractivity contribution in [3.05, 3.63) is 97.1 Å². The molecule has 17 heteroatoms. The Kier molecular flexibility index (Phi) is 98.2. The van der Waals surface area contributed by atoms with Gasteiger partial charge in [0.25, 0.3) is 0 Å². The molecule has 0 unspecified atom stereocenters. The molecule has 13 N–H and O–H groups in total. The maximum atomic E-state index is 11.9. The number of hydrogen-bond acceptors (Lipinski definition) is 13. The Labute approximate surface area is 711 Å². The molecule has 2 amide bonds. The zero-order chi connectivity index (χ0) is 87.2. The minimum absolute atomic E-state index is 0.0227. The number of nitrogen functional groups attached to an aromatic ring is 2. The van der Waals surface area contributed by atoms with Crippen LogP contribution in [0.4, 0.5) is 22.7 Å². The first-order valence-electron chi connectivity index (χ1n) is 46.4. The third-order valence-corrected chi connectivity index (χ3v) is 18.8. The van der Waals surface area contributed by atoms with E-state index in [1.54, 1.807) is 38.1 Å². The van der Waals surface area contributed by atoms with Gasteiger partial charge in [0.05, 0.1) is 0 Å². The molecule has 0 radical (unpaired) electrons. The third kappa shape index (κ3) is 101. The zero-order valence-corrected chi connectivity index (χ0v) is 76.5. The molecule has 0 aliphatic carbocycles. The van der Waals surface area contributed by atoms with Crippen molar-refractivity contribution in [2.75, 3.05) is 48.8 Å². The minimum atomic E-state index is -0.870. The second kappa shape index (κ2) is 96.9. The average Bonchev–Trinajstić information content (AvgIpc) is 0.897. The smallest absolute Gasteiger partial charge is 0.303 e. The first-order chi connectivity index (χ1) is 56.1. The second-order valence-electron chi connectivity index (χ2n) is 30.7. The molecule has 0 saturated heterocycles. The fourth-order valence-electron chi connectivity index (χ4n) is 11.6. The van der Waals surface area contributed by atoms with Crippen molar-refractivity contribution < 1.29 is 48.5 Å². The number of ether oxygens (including phenoxy) is 2. The lowest BCUT2D eigenvalue weighted by molar-refractivity contribution is -0.139. The highest BCUT2D eigenvalue weighted by Gasteiger charge is 2.06. The third-order valence-electron chi connectivity index (χ3n) is 18.8. The largest absolute Gasteiger partial charge is 0.481 e. The molecule has 0 spiro atoms. The fraction of sp³-hybridized carbons (Fsp3) is 0.697. The summed E-state index contributed by atoms with van der Waals surface area (Å²) in [6, 6.07) is 29.4. The van der Waals surface area contributed by atoms with E-state index >= 15 is 0 Å². The van der Waals surface area contributed by atoms with E-state index < -0.39 is 11.9 Å². The summed E-state index contributed by atoms with van der Waals surface area (Å²) in [5.41, 5.74) is 24.5. The summed E-state index contributed by atoms with van der Waals surface area (Å²) in [6.45, 7) is 24.6. The van der Waals surface area contributed by atoms with Crippen LogP contribution in [-0.4, -0.2) is 72.2 Å². The number of rotatable bonds is 61. The van der Waals surface area contributed by atoms with Gasteiger partial charge in [-0.15, -0.1) is 0 Å². The number of carbonyl (C=O) groups excluding carboxylic acids is 4. The van der Waals surface area contributed by atoms with E-state index in [2.05, 4.69) is 71.3 Å². The maximum absolute atomic E-state index is 11.9. The summed E-state index contributed by atoms with van der Waals surface area (Å²) in [5, 5.41) is 24.7. The topological polar surface area (TPSA) is 302 Å². The number of nitrogens with two attached hydrogens (primary N) is 4. The van der Waals surface area contributed by atoms with Gasteiger partial charge in [0.15, 0.2) is 0 Å². The van der Waals surface area contributed by atoms with Crippen molar-refractivity contribution in [3.63, 3.8) is 0 Å². The molecule has 0 aliphatic heterocycles. The Hall–Kier alpha value is -6.98. The summed E-state index contributed by atoms with van der Waals surface area (Å²) in [5.74, 6) is 1.56. The highest BCUT2D eigenvalue weighted by molar-refractivity contribution is 5.90. The van der Waals surface area contributed by atoms with Crippen LogP contribution in [0.5, 0.6) is 23.0 Å². The van der Waals surface area contributed by atoms with Crippen LogP contribution in [0.25, 0.3) is 0 Å². The highest BCUT2D eigenvalue weighted by Crippen LogP contribution is 2.26. The van der Waals surface area contributed by atoms with Gasteiger partial charge in [-0.3, -0.25) is 19.2 Å². The van der Waals surface area contributed by atoms with Crippen molar-refractivity contribution in [2.24, 2.45) is 11.5 Å². The number of carboxylic acids is 2. The van der Waals surface area contributed by atoms with Gasteiger partial charge in [0, 0.05) is 81.9 Å². The number of benzene rings is 4. The van der Waals surface area contributed by atoms with Crippen molar-refractivity contribution >= 4 is 58.1 Å². The lowest BCUT2D eigenvalue weighted by atomic mass is 10.0. The highest BCUT2D eigenvalue weighted by atomic mass is 16.5. The summed E-state index contributed by atoms with van der Waals surface area (Å²) >= 11 is 0. The summed E-state index contributed by atoms with van der Waals surface area (Å²) in [6.07, 6.45) is 68.7. The van der Waals surface area contributed by atoms with E-state index in [9.17, 15) is 28.8 Å². The van der Waals surface area contributed by atoms with E-state index in [0.29, 0.717) is 57.5 Å². The summed E-state index contributed by atoms with van der Waals surface area (Å²) < 4.78 is 11.3. The van der Waals surface area contributed by atoms with Crippen LogP contribution in [0.1, 0.15) is 423 Å². The molecule has 4 aromatic rings. The fourth-order valence-corrected chi connectivity index (χ4v) is 11.6. The Bertz CT molecular complexity index is 2600. The van der Waals surface area contributed by atoms with Crippen molar-refractivity contribution in [3.8, 4) is 23.0 Å². The van der Waals surface area contributed by atoms with Gasteiger partial charge in [-0.25, -0.2) is 0 Å². The van der Waals surface area contributed by atoms with Crippen molar-refractivity contribution in [1.29, 1.82) is 0 Å². The van der Waals surface area contributed by atoms with Gasteiger partial charge in [0.1, 0.15) is 34.6 Å². The number of anilines is 4. The molecule has 0 heterocycles. The van der Waals surface area contributed by atoms with E-state index in [4.69, 9.17) is 42.6 Å². The van der Waals surface area contributed by atoms with Crippen LogP contribution < -0.4 is 48.4 Å². The molecule has 0 bridgehead atoms. The van der Waals surface area contributed by atoms with E-state index in [0.717, 1.165) is 59.3 Å². The van der Waals surface area contributed by atoms with Gasteiger partial charge < -0.3 is 68.2 Å². The maximum Gasteiger partial charge on any atom is 0.303 e. The predicted octanol–water partition coefficient (Wildman–Crippen LogP) is 28.6. The first-order valence-corrected chi connectivity index (χ1v) is 46.4. The van der Waals surface area contributed by atoms with Crippen molar-refractivity contribution in [1.82, 2.24) is 5.32 Å². The van der Waals surface area contributed by atoms with Crippen molar-refractivity contribution in [2.45, 2.75) is 423 Å². The van der Waals surface area contributed by atoms with Crippen LogP contribution >= 0.6 is 0 Å². The lowest BCUT2D eigenvalue weighted by Gasteiger charge is -2.09. The Morgan fingerprint density at radius 2 is 0.517 bits per heavy atom. The molecule has 0 fully saturated rings. The second-order valence-corrected chi connectivity index (χ2v) is 30.7. The Morgan fingerprint density at radius 1 is 0.293 bits per heavy atom. The number of amides is 2. The molecule has 0 saturated carbocycles. The normalized spacial score (nSPS) is 10.1. The Morgan fingerprint density at radius 3 is 0.716 bits per heavy atom. The van der Waals surface area contributed by atoms with Gasteiger partial charge in [0.2, 0.25) is 11.8 Å². The van der Waals surface area contributed by atoms with Gasteiger partial charge in [-0.1, -0.05) is 338 Å². The molecular formula is C99H179N7O10. The molecule has 116 heavy (non-hydrogen) atoms. The lowest BCUT2D eigenvalue weighted by Crippen LogP contribution is -2.26. The van der Waals surface area contributed by atoms with Crippen LogP contribution in [0, 0.1) is 0 Å². The van der Waals surface area contributed by atoms with E-state index in [1.165, 1.54) is 289 Å². The van der Waals surface area contributed by atoms with Crippen LogP contribution in [0.2, 0.25) is 0 Å². The van der Waals surface area contributed by atoms with Gasteiger partial charge in [-0.05, 0) is 150 Å². The summed E-state index contributed by atoms with van der Waals surface area (Å²) in [7, 11) is 1.87. The molecule has 0 aliphatic rings. The number of carboxylic acid groups (broad SMARTS) is 2. The molecule has 0 aromatic heterocycles. The minimum Gasteiger partial charge on any atom is -0.481 e. The average molecular weight is 1630 g/mol. The number of ketones is 2. The number of hydrogen-bond donors (Lipinski definition) is 9. The number of aliphatic carboxylic acids is 2. The summed E-state index contributed by atoms with van der Waals surface area (Å²) in [4.78, 5) is 62.7. The molecule has 670 valence electrons. The number of Topliss-reactive ketones (excluding diaryl/α,β-unsaturated/α-hetero) is 2. The predicted molar refractivity (Wildman–Crippen MR) is 501 cm³/mol. The number of unbranched alkanes of at least 4 members (excludes halogenated alkanes) is 42. The quantitative estimate of drug-likeness (QED) is 0.0147. The van der Waals surface area contributed by atoms with Gasteiger partial charge in [-0.2, -0.15) is 0 Å². The van der Waals surface area contributed by atoms with E-state index in [-0.39, 0.29) is 36.2 Å². The van der Waals surface area contributed by atoms with Crippen LogP contribution in [0.3, 0.4) is 0 Å². The Balaban J connectivity index is -0.000000411. The zero-order valence-electron chi connectivity index (χ0n) is 76.5. The SMILES string of the molecule is CC(=O)CCCN.CC(=O)NCCN.CCCCCCCCC.CCCCCCCCCC.CCCCCCCCCCCCCCCC.CCCCCCCCCCCCCCCCC.CNc1ccc(Oc2ccc(NC(=O)CCCCC(C)=O)cc2)cc1.Nc1ccc(Oc2ccc(N)cc2)cc1.O=C(O)CCCCC(=O)O. The van der Waals surface area contributed by atoms with Crippen LogP contribution in [-0.2, 0) is 28.8 Å². The molecule has 17 nitrogen and oxygen atoms in total. The molecule has 4 aromatic carbocycles. The van der Waals surface area contributed by atoms with Gasteiger partial charge >= 0.3 is 11.9 Å². The first kappa shape index (κ1) is 118. The van der Waals surface area contributed by atoms with E-state index in [1.807, 2.05) is 79.8 Å². The van der Waals surface area contributed by atoms with Crippen LogP contribution in [0.15, 0.2) is 97.1 Å². The standard InChI is InChI=1S/C20H24N2O3.C17H36.C16H34.C12H12N2O.C10H22.C9H20.C6H10O4.C5H11NO.C4H10N2O/c1-15(23)5-3-4-6-20(24)22-17-9-13-19(14-10-17)25-18-11-7-16(21-2)8-12-18;1-3-5-7-9-11-13-15-17-16-14-12-10-8-6-4-2;1-3-5-7-9-11-13-15-16-14-12-10-8-6-4-2;13-9-1-5-11(6-2-9)15-12-7-3-10(14)4-8-12;1-3-5-7-9-10-8-6-4-2;1-3-5-7-9-8-6-4-2;7-5(8)3-1-2-4-6(9)10;1-5(7)3-2-4-6;1-4(7)6-3-2-5/h7-14,21H,3-6H2,1-2H3,(H,22,24);3-17H2,1-2H3;3-16H2,1-2H3;1-8H,13-14H2;3-10H2,1-2H3;3-9H2,1-2H3;1-4H2,(H,7,8)(H,9,10);2-4,6H2,1H3;2-3,5H2,1H3,(H,6,7). The molecule has 0 atom stereocenters. The number of carbonyl (C=O) groups is 6. The molecular weight excluding hydrogens is 1450 g/mol. The monoisotopic (exact) mass is 1630 g/mol. The molecule has 4 rings (SSSR count).